The molecule has 1 aliphatic heterocycles. The maximum Gasteiger partial charge on any atom is 0.0642 e. The highest BCUT2D eigenvalue weighted by Crippen LogP contribution is 2.19. The average molecular weight is 283 g/mol. The van der Waals surface area contributed by atoms with E-state index in [0.29, 0.717) is 0 Å². The van der Waals surface area contributed by atoms with Crippen LogP contribution < -0.4 is 16.0 Å². The summed E-state index contributed by atoms with van der Waals surface area (Å²) in [5.41, 5.74) is 10.2. The number of rotatable bonds is 4. The maximum absolute atomic E-state index is 5.79. The van der Waals surface area contributed by atoms with Crippen molar-refractivity contribution < 1.29 is 4.74 Å². The van der Waals surface area contributed by atoms with Crippen LogP contribution in [-0.4, -0.2) is 26.3 Å². The number of nitrogens with zero attached hydrogens (tertiary/aromatic N) is 1. The maximum atomic E-state index is 5.79. The third kappa shape index (κ3) is 3.67. The lowest BCUT2D eigenvalue weighted by Gasteiger charge is -2.28. The molecule has 1 heterocycles. The largest absolute Gasteiger partial charge is 0.399 e. The molecule has 3 N–H and O–H groups in total. The Hall–Kier alpha value is -2.20. The van der Waals surface area contributed by atoms with Crippen molar-refractivity contribution in [3.05, 3.63) is 54.1 Å². The molecule has 21 heavy (non-hydrogen) atoms. The van der Waals surface area contributed by atoms with Gasteiger partial charge in [0.1, 0.15) is 0 Å². The third-order valence-corrected chi connectivity index (χ3v) is 3.69. The van der Waals surface area contributed by atoms with Gasteiger partial charge in [-0.15, -0.1) is 0 Å². The Bertz CT molecular complexity index is 577. The average Bonchev–Trinajstić information content (AvgIpc) is 2.54. The Labute approximate surface area is 125 Å². The van der Waals surface area contributed by atoms with Crippen molar-refractivity contribution in [1.82, 2.24) is 0 Å². The van der Waals surface area contributed by atoms with Crippen LogP contribution in [0.25, 0.3) is 0 Å². The van der Waals surface area contributed by atoms with Gasteiger partial charge in [-0.2, -0.15) is 0 Å². The molecule has 0 bridgehead atoms. The Morgan fingerprint density at radius 3 is 2.52 bits per heavy atom. The first-order valence-corrected chi connectivity index (χ1v) is 7.32. The van der Waals surface area contributed by atoms with E-state index in [1.54, 1.807) is 0 Å². The Kier molecular flexibility index (Phi) is 4.26. The lowest BCUT2D eigenvalue weighted by atomic mass is 10.2. The van der Waals surface area contributed by atoms with Crippen LogP contribution in [0.2, 0.25) is 0 Å². The summed E-state index contributed by atoms with van der Waals surface area (Å²) in [6, 6.07) is 16.5. The fourth-order valence-electron chi connectivity index (χ4n) is 2.52. The lowest BCUT2D eigenvalue weighted by molar-refractivity contribution is 0.122. The van der Waals surface area contributed by atoms with E-state index in [4.69, 9.17) is 10.5 Å². The number of nitrogens with one attached hydrogen (secondary N) is 1. The number of nitrogens with two attached hydrogens (primary N) is 1. The number of hydrogen-bond donors (Lipinski definition) is 2. The molecule has 4 nitrogen and oxygen atoms in total. The SMILES string of the molecule is Nc1cccc(CNc2ccc(N3CCOCC3)cc2)c1. The summed E-state index contributed by atoms with van der Waals surface area (Å²) in [5.74, 6) is 0. The fraction of sp³-hybridized carbons (Fsp3) is 0.294. The van der Waals surface area contributed by atoms with Gasteiger partial charge in [0.15, 0.2) is 0 Å². The van der Waals surface area contributed by atoms with Crippen molar-refractivity contribution in [3.8, 4) is 0 Å². The van der Waals surface area contributed by atoms with Gasteiger partial charge in [0.2, 0.25) is 0 Å². The van der Waals surface area contributed by atoms with Crippen LogP contribution in [0.1, 0.15) is 5.56 Å². The van der Waals surface area contributed by atoms with E-state index in [9.17, 15) is 0 Å². The van der Waals surface area contributed by atoms with Crippen LogP contribution in [0.4, 0.5) is 17.1 Å². The van der Waals surface area contributed by atoms with E-state index in [0.717, 1.165) is 44.2 Å². The molecule has 0 radical (unpaired) electrons. The first-order chi connectivity index (χ1) is 10.3. The van der Waals surface area contributed by atoms with E-state index < -0.39 is 0 Å². The molecule has 2 aromatic rings. The second-order valence-corrected chi connectivity index (χ2v) is 5.24. The van der Waals surface area contributed by atoms with Gasteiger partial charge in [-0.25, -0.2) is 0 Å². The second kappa shape index (κ2) is 6.50. The van der Waals surface area contributed by atoms with Gasteiger partial charge in [-0.1, -0.05) is 12.1 Å². The molecule has 1 fully saturated rings. The minimum absolute atomic E-state index is 0.780. The number of morpholine rings is 1. The highest BCUT2D eigenvalue weighted by atomic mass is 16.5. The standard InChI is InChI=1S/C17H21N3O/c18-15-3-1-2-14(12-15)13-19-16-4-6-17(7-5-16)20-8-10-21-11-9-20/h1-7,12,19H,8-11,13,18H2. The Morgan fingerprint density at radius 1 is 1.05 bits per heavy atom. The van der Waals surface area contributed by atoms with Crippen LogP contribution in [0.15, 0.2) is 48.5 Å². The van der Waals surface area contributed by atoms with Crippen LogP contribution in [-0.2, 0) is 11.3 Å². The van der Waals surface area contributed by atoms with Crippen molar-refractivity contribution in [2.24, 2.45) is 0 Å². The zero-order valence-corrected chi connectivity index (χ0v) is 12.1. The van der Waals surface area contributed by atoms with Gasteiger partial charge in [0, 0.05) is 36.7 Å². The first-order valence-electron chi connectivity index (χ1n) is 7.32. The lowest BCUT2D eigenvalue weighted by Crippen LogP contribution is -2.36. The monoisotopic (exact) mass is 283 g/mol. The molecule has 4 heteroatoms. The van der Waals surface area contributed by atoms with Gasteiger partial charge in [0.25, 0.3) is 0 Å². The van der Waals surface area contributed by atoms with E-state index >= 15 is 0 Å². The zero-order valence-electron chi connectivity index (χ0n) is 12.1. The number of benzene rings is 2. The van der Waals surface area contributed by atoms with Crippen molar-refractivity contribution in [2.45, 2.75) is 6.54 Å². The molecule has 0 spiro atoms. The molecule has 2 aromatic carbocycles. The predicted octanol–water partition coefficient (Wildman–Crippen LogP) is 2.72. The molecular formula is C17H21N3O. The summed E-state index contributed by atoms with van der Waals surface area (Å²) in [6.07, 6.45) is 0. The minimum atomic E-state index is 0.780. The van der Waals surface area contributed by atoms with Crippen molar-refractivity contribution in [1.29, 1.82) is 0 Å². The topological polar surface area (TPSA) is 50.5 Å². The first kappa shape index (κ1) is 13.8. The Morgan fingerprint density at radius 2 is 1.81 bits per heavy atom. The summed E-state index contributed by atoms with van der Waals surface area (Å²) in [6.45, 7) is 4.35. The molecule has 0 saturated carbocycles. The minimum Gasteiger partial charge on any atom is -0.399 e. The molecule has 110 valence electrons. The summed E-state index contributed by atoms with van der Waals surface area (Å²) in [4.78, 5) is 2.35. The number of ether oxygens (including phenoxy) is 1. The molecule has 3 rings (SSSR count). The van der Waals surface area contributed by atoms with E-state index in [-0.39, 0.29) is 0 Å². The van der Waals surface area contributed by atoms with Gasteiger partial charge in [-0.05, 0) is 42.0 Å². The number of hydrogen-bond acceptors (Lipinski definition) is 4. The summed E-state index contributed by atoms with van der Waals surface area (Å²) < 4.78 is 5.38. The van der Waals surface area contributed by atoms with E-state index in [1.165, 1.54) is 11.3 Å². The van der Waals surface area contributed by atoms with Crippen molar-refractivity contribution in [2.75, 3.05) is 42.3 Å². The van der Waals surface area contributed by atoms with E-state index in [1.807, 2.05) is 18.2 Å². The third-order valence-electron chi connectivity index (χ3n) is 3.69. The van der Waals surface area contributed by atoms with Crippen molar-refractivity contribution >= 4 is 17.1 Å². The van der Waals surface area contributed by atoms with E-state index in [2.05, 4.69) is 40.5 Å². The quantitative estimate of drug-likeness (QED) is 0.847. The molecule has 0 aromatic heterocycles. The summed E-state index contributed by atoms with van der Waals surface area (Å²) in [7, 11) is 0. The molecule has 0 unspecified atom stereocenters. The van der Waals surface area contributed by atoms with Crippen LogP contribution in [0.3, 0.4) is 0 Å². The Balaban J connectivity index is 1.59. The van der Waals surface area contributed by atoms with Gasteiger partial charge >= 0.3 is 0 Å². The van der Waals surface area contributed by atoms with Gasteiger partial charge in [0.05, 0.1) is 13.2 Å². The van der Waals surface area contributed by atoms with Crippen LogP contribution in [0, 0.1) is 0 Å². The summed E-state index contributed by atoms with van der Waals surface area (Å²) in [5, 5.41) is 3.42. The molecule has 1 aliphatic rings. The normalized spacial score (nSPS) is 15.0. The predicted molar refractivity (Wildman–Crippen MR) is 87.7 cm³/mol. The molecule has 0 amide bonds. The summed E-state index contributed by atoms with van der Waals surface area (Å²) >= 11 is 0. The molecule has 0 atom stereocenters. The van der Waals surface area contributed by atoms with Crippen LogP contribution >= 0.6 is 0 Å². The highest BCUT2D eigenvalue weighted by Gasteiger charge is 2.10. The fourth-order valence-corrected chi connectivity index (χ4v) is 2.52. The molecular weight excluding hydrogens is 262 g/mol. The zero-order chi connectivity index (χ0) is 14.5. The second-order valence-electron chi connectivity index (χ2n) is 5.24. The van der Waals surface area contributed by atoms with Crippen LogP contribution in [0.5, 0.6) is 0 Å². The van der Waals surface area contributed by atoms with Crippen molar-refractivity contribution in [3.63, 3.8) is 0 Å². The number of anilines is 3. The molecule has 0 aliphatic carbocycles. The molecule has 1 saturated heterocycles. The highest BCUT2D eigenvalue weighted by molar-refractivity contribution is 5.55. The number of nitrogen functional groups attached to an aromatic ring is 1. The smallest absolute Gasteiger partial charge is 0.0642 e. The van der Waals surface area contributed by atoms with Gasteiger partial charge in [-0.3, -0.25) is 0 Å². The van der Waals surface area contributed by atoms with Gasteiger partial charge < -0.3 is 20.7 Å².